The van der Waals surface area contributed by atoms with Gasteiger partial charge < -0.3 is 15.4 Å². The molecule has 16 heavy (non-hydrogen) atoms. The molecule has 1 aromatic carbocycles. The summed E-state index contributed by atoms with van der Waals surface area (Å²) >= 11 is 0. The fraction of sp³-hybridized carbons (Fsp3) is 0.538. The first kappa shape index (κ1) is 11.4. The Morgan fingerprint density at radius 1 is 1.31 bits per heavy atom. The topological polar surface area (TPSA) is 38.5 Å². The van der Waals surface area contributed by atoms with Gasteiger partial charge in [-0.2, -0.15) is 0 Å². The zero-order chi connectivity index (χ0) is 11.5. The second-order valence-corrected chi connectivity index (χ2v) is 4.49. The van der Waals surface area contributed by atoms with Crippen LogP contribution in [0.3, 0.4) is 0 Å². The van der Waals surface area contributed by atoms with Crippen LogP contribution in [0.25, 0.3) is 0 Å². The highest BCUT2D eigenvalue weighted by molar-refractivity contribution is 5.31. The van der Waals surface area contributed by atoms with Gasteiger partial charge in [-0.05, 0) is 31.7 Å². The number of ether oxygens (including phenoxy) is 1. The highest BCUT2D eigenvalue weighted by atomic mass is 16.5. The van der Waals surface area contributed by atoms with Crippen molar-refractivity contribution in [2.75, 3.05) is 26.7 Å². The third-order valence-electron chi connectivity index (χ3n) is 3.17. The Bertz CT molecular complexity index is 336. The van der Waals surface area contributed by atoms with Gasteiger partial charge in [-0.1, -0.05) is 12.1 Å². The quantitative estimate of drug-likeness (QED) is 0.837. The van der Waals surface area contributed by atoms with Crippen molar-refractivity contribution in [1.82, 2.24) is 4.90 Å². The molecule has 2 N–H and O–H groups in total. The molecule has 1 aliphatic rings. The van der Waals surface area contributed by atoms with Gasteiger partial charge in [0.25, 0.3) is 0 Å². The molecule has 0 saturated carbocycles. The Labute approximate surface area is 97.2 Å². The minimum absolute atomic E-state index is 0.253. The average Bonchev–Trinajstić information content (AvgIpc) is 2.59. The molecule has 1 aliphatic heterocycles. The van der Waals surface area contributed by atoms with E-state index in [1.165, 1.54) is 5.56 Å². The van der Waals surface area contributed by atoms with E-state index in [0.29, 0.717) is 12.5 Å². The minimum atomic E-state index is 0.253. The summed E-state index contributed by atoms with van der Waals surface area (Å²) in [6, 6.07) is 8.58. The Balaban J connectivity index is 2.09. The number of benzene rings is 1. The Hall–Kier alpha value is -1.06. The second kappa shape index (κ2) is 4.85. The van der Waals surface area contributed by atoms with Crippen LogP contribution in [0, 0.1) is 0 Å². The van der Waals surface area contributed by atoms with Crippen LogP contribution in [0.1, 0.15) is 18.4 Å². The fourth-order valence-electron chi connectivity index (χ4n) is 2.36. The van der Waals surface area contributed by atoms with Crippen LogP contribution < -0.4 is 10.5 Å². The summed E-state index contributed by atoms with van der Waals surface area (Å²) in [5, 5.41) is 0. The number of likely N-dealkylation sites (N-methyl/N-ethyl adjacent to an activating group) is 1. The SMILES string of the molecule is CCOc1ccc([C@@H]2CN(C)C[C@@H]2N)cc1. The minimum Gasteiger partial charge on any atom is -0.494 e. The summed E-state index contributed by atoms with van der Waals surface area (Å²) in [7, 11) is 2.12. The number of nitrogens with zero attached hydrogens (tertiary/aromatic N) is 1. The molecular weight excluding hydrogens is 200 g/mol. The van der Waals surface area contributed by atoms with Gasteiger partial charge in [0.15, 0.2) is 0 Å². The summed E-state index contributed by atoms with van der Waals surface area (Å²) < 4.78 is 5.43. The van der Waals surface area contributed by atoms with E-state index in [4.69, 9.17) is 10.5 Å². The number of nitrogens with two attached hydrogens (primary N) is 1. The van der Waals surface area contributed by atoms with Crippen molar-refractivity contribution in [3.05, 3.63) is 29.8 Å². The standard InChI is InChI=1S/C13H20N2O/c1-3-16-11-6-4-10(5-7-11)12-8-15(2)9-13(12)14/h4-7,12-13H,3,8-9,14H2,1-2H3/t12-,13-/m0/s1. The maximum Gasteiger partial charge on any atom is 0.119 e. The van der Waals surface area contributed by atoms with Crippen LogP contribution >= 0.6 is 0 Å². The van der Waals surface area contributed by atoms with Gasteiger partial charge in [-0.25, -0.2) is 0 Å². The first-order valence-electron chi connectivity index (χ1n) is 5.87. The van der Waals surface area contributed by atoms with Gasteiger partial charge in [-0.3, -0.25) is 0 Å². The molecule has 3 heteroatoms. The van der Waals surface area contributed by atoms with Crippen molar-refractivity contribution in [3.8, 4) is 5.75 Å². The predicted molar refractivity (Wildman–Crippen MR) is 65.8 cm³/mol. The van der Waals surface area contributed by atoms with Gasteiger partial charge in [-0.15, -0.1) is 0 Å². The summed E-state index contributed by atoms with van der Waals surface area (Å²) in [6.45, 7) is 4.74. The van der Waals surface area contributed by atoms with Crippen molar-refractivity contribution >= 4 is 0 Å². The van der Waals surface area contributed by atoms with E-state index in [-0.39, 0.29) is 6.04 Å². The average molecular weight is 220 g/mol. The van der Waals surface area contributed by atoms with Crippen molar-refractivity contribution in [2.24, 2.45) is 5.73 Å². The van der Waals surface area contributed by atoms with Crippen LogP contribution in [0.2, 0.25) is 0 Å². The maximum atomic E-state index is 6.13. The lowest BCUT2D eigenvalue weighted by atomic mass is 9.95. The van der Waals surface area contributed by atoms with Gasteiger partial charge >= 0.3 is 0 Å². The van der Waals surface area contributed by atoms with Crippen molar-refractivity contribution in [3.63, 3.8) is 0 Å². The van der Waals surface area contributed by atoms with Crippen molar-refractivity contribution in [1.29, 1.82) is 0 Å². The highest BCUT2D eigenvalue weighted by Gasteiger charge is 2.28. The van der Waals surface area contributed by atoms with Crippen LogP contribution in [0.15, 0.2) is 24.3 Å². The van der Waals surface area contributed by atoms with E-state index in [1.807, 2.05) is 19.1 Å². The van der Waals surface area contributed by atoms with Gasteiger partial charge in [0, 0.05) is 25.0 Å². The summed E-state index contributed by atoms with van der Waals surface area (Å²) in [5.74, 6) is 1.40. The normalized spacial score (nSPS) is 25.9. The molecule has 88 valence electrons. The number of likely N-dealkylation sites (tertiary alicyclic amines) is 1. The Kier molecular flexibility index (Phi) is 3.46. The number of rotatable bonds is 3. The van der Waals surface area contributed by atoms with E-state index in [0.717, 1.165) is 18.8 Å². The lowest BCUT2D eigenvalue weighted by Gasteiger charge is -2.15. The smallest absolute Gasteiger partial charge is 0.119 e. The molecule has 2 atom stereocenters. The van der Waals surface area contributed by atoms with Crippen LogP contribution in [-0.2, 0) is 0 Å². The molecule has 1 heterocycles. The van der Waals surface area contributed by atoms with Gasteiger partial charge in [0.1, 0.15) is 5.75 Å². The molecule has 0 radical (unpaired) electrons. The Morgan fingerprint density at radius 3 is 2.50 bits per heavy atom. The Morgan fingerprint density at radius 2 is 2.00 bits per heavy atom. The molecule has 1 saturated heterocycles. The lowest BCUT2D eigenvalue weighted by molar-refractivity contribution is 0.340. The zero-order valence-corrected chi connectivity index (χ0v) is 10.0. The molecule has 2 rings (SSSR count). The first-order valence-corrected chi connectivity index (χ1v) is 5.87. The summed E-state index contributed by atoms with van der Waals surface area (Å²) in [4.78, 5) is 2.28. The highest BCUT2D eigenvalue weighted by Crippen LogP contribution is 2.26. The molecule has 0 spiro atoms. The molecule has 1 aromatic rings. The molecule has 3 nitrogen and oxygen atoms in total. The van der Waals surface area contributed by atoms with Gasteiger partial charge in [0.2, 0.25) is 0 Å². The van der Waals surface area contributed by atoms with Crippen molar-refractivity contribution in [2.45, 2.75) is 18.9 Å². The van der Waals surface area contributed by atoms with Crippen LogP contribution in [-0.4, -0.2) is 37.7 Å². The van der Waals surface area contributed by atoms with E-state index >= 15 is 0 Å². The third-order valence-corrected chi connectivity index (χ3v) is 3.17. The number of hydrogen-bond acceptors (Lipinski definition) is 3. The van der Waals surface area contributed by atoms with Crippen molar-refractivity contribution < 1.29 is 4.74 Å². The molecular formula is C13H20N2O. The van der Waals surface area contributed by atoms with Gasteiger partial charge in [0.05, 0.1) is 6.61 Å². The molecule has 0 bridgehead atoms. The molecule has 0 aliphatic carbocycles. The predicted octanol–water partition coefficient (Wildman–Crippen LogP) is 1.44. The first-order chi connectivity index (χ1) is 7.70. The molecule has 0 aromatic heterocycles. The third kappa shape index (κ3) is 2.36. The monoisotopic (exact) mass is 220 g/mol. The van der Waals surface area contributed by atoms with E-state index in [2.05, 4.69) is 24.1 Å². The van der Waals surface area contributed by atoms with Crippen LogP contribution in [0.5, 0.6) is 5.75 Å². The number of hydrogen-bond donors (Lipinski definition) is 1. The van der Waals surface area contributed by atoms with E-state index in [1.54, 1.807) is 0 Å². The summed E-state index contributed by atoms with van der Waals surface area (Å²) in [5.41, 5.74) is 7.44. The molecule has 0 amide bonds. The molecule has 0 unspecified atom stereocenters. The second-order valence-electron chi connectivity index (χ2n) is 4.49. The fourth-order valence-corrected chi connectivity index (χ4v) is 2.36. The molecule has 1 fully saturated rings. The lowest BCUT2D eigenvalue weighted by Crippen LogP contribution is -2.27. The van der Waals surface area contributed by atoms with E-state index in [9.17, 15) is 0 Å². The largest absolute Gasteiger partial charge is 0.494 e. The van der Waals surface area contributed by atoms with Crippen LogP contribution in [0.4, 0.5) is 0 Å². The summed E-state index contributed by atoms with van der Waals surface area (Å²) in [6.07, 6.45) is 0. The zero-order valence-electron chi connectivity index (χ0n) is 10.0. The van der Waals surface area contributed by atoms with E-state index < -0.39 is 0 Å². The maximum absolute atomic E-state index is 6.13.